The summed E-state index contributed by atoms with van der Waals surface area (Å²) in [5.74, 6) is -0.161. The van der Waals surface area contributed by atoms with Gasteiger partial charge in [-0.2, -0.15) is 0 Å². The third-order valence-corrected chi connectivity index (χ3v) is 3.78. The van der Waals surface area contributed by atoms with Crippen LogP contribution in [0.15, 0.2) is 48.5 Å². The number of thiazole rings is 1. The first-order valence-corrected chi connectivity index (χ1v) is 6.84. The number of hydrogen-bond donors (Lipinski definition) is 1. The van der Waals surface area contributed by atoms with E-state index in [9.17, 15) is 4.79 Å². The van der Waals surface area contributed by atoms with Crippen LogP contribution in [0.25, 0.3) is 10.2 Å². The molecule has 0 aliphatic carbocycles. The monoisotopic (exact) mass is 288 g/mol. The number of benzene rings is 2. The molecule has 0 bridgehead atoms. The minimum atomic E-state index is -0.161. The number of aromatic nitrogens is 1. The van der Waals surface area contributed by atoms with Crippen molar-refractivity contribution in [2.24, 2.45) is 0 Å². The first-order valence-electron chi connectivity index (χ1n) is 5.65. The number of carbonyl (C=O) groups excluding carboxylic acids is 1. The molecule has 5 heteroatoms. The van der Waals surface area contributed by atoms with Gasteiger partial charge in [0.1, 0.15) is 0 Å². The van der Waals surface area contributed by atoms with Crippen LogP contribution in [-0.4, -0.2) is 10.9 Å². The van der Waals surface area contributed by atoms with Crippen LogP contribution in [0.3, 0.4) is 0 Å². The van der Waals surface area contributed by atoms with Crippen molar-refractivity contribution < 1.29 is 4.79 Å². The van der Waals surface area contributed by atoms with Crippen LogP contribution in [0.5, 0.6) is 0 Å². The Balaban J connectivity index is 1.87. The fourth-order valence-electron chi connectivity index (χ4n) is 1.71. The molecule has 1 aromatic heterocycles. The van der Waals surface area contributed by atoms with Gasteiger partial charge in [0.2, 0.25) is 0 Å². The zero-order chi connectivity index (χ0) is 13.2. The molecule has 3 aromatic rings. The average molecular weight is 289 g/mol. The van der Waals surface area contributed by atoms with Gasteiger partial charge in [0, 0.05) is 10.6 Å². The number of nitrogens with zero attached hydrogens (tertiary/aromatic N) is 1. The van der Waals surface area contributed by atoms with Gasteiger partial charge in [-0.05, 0) is 30.3 Å². The Hall–Kier alpha value is -1.91. The van der Waals surface area contributed by atoms with Gasteiger partial charge >= 0.3 is 0 Å². The Labute approximate surface area is 118 Å². The van der Waals surface area contributed by atoms with Gasteiger partial charge in [0.15, 0.2) is 5.13 Å². The van der Waals surface area contributed by atoms with Crippen LogP contribution in [0.1, 0.15) is 10.4 Å². The first kappa shape index (κ1) is 12.1. The van der Waals surface area contributed by atoms with E-state index in [1.165, 1.54) is 11.3 Å². The molecule has 0 radical (unpaired) electrons. The summed E-state index contributed by atoms with van der Waals surface area (Å²) >= 11 is 7.33. The van der Waals surface area contributed by atoms with E-state index in [1.807, 2.05) is 30.3 Å². The van der Waals surface area contributed by atoms with Crippen LogP contribution in [0.4, 0.5) is 5.13 Å². The van der Waals surface area contributed by atoms with Crippen molar-refractivity contribution >= 4 is 44.2 Å². The highest BCUT2D eigenvalue weighted by Crippen LogP contribution is 2.28. The molecule has 0 fully saturated rings. The Bertz CT molecular complexity index is 740. The molecule has 0 saturated heterocycles. The number of nitrogens with one attached hydrogen (secondary N) is 1. The van der Waals surface area contributed by atoms with Crippen LogP contribution in [0, 0.1) is 0 Å². The van der Waals surface area contributed by atoms with Crippen LogP contribution in [0.2, 0.25) is 5.02 Å². The molecule has 1 heterocycles. The minimum absolute atomic E-state index is 0.161. The second kappa shape index (κ2) is 4.99. The molecule has 3 nitrogen and oxygen atoms in total. The number of hydrogen-bond acceptors (Lipinski definition) is 3. The van der Waals surface area contributed by atoms with E-state index in [4.69, 9.17) is 11.6 Å². The summed E-state index contributed by atoms with van der Waals surface area (Å²) in [6.07, 6.45) is 0. The standard InChI is InChI=1S/C14H9ClN2OS/c15-10-6-7-11-12(8-10)19-14(16-11)17-13(18)9-4-2-1-3-5-9/h1-8H,(H,16,17,18). The molecule has 0 spiro atoms. The first-order chi connectivity index (χ1) is 9.22. The predicted octanol–water partition coefficient (Wildman–Crippen LogP) is 4.20. The molecule has 1 amide bonds. The smallest absolute Gasteiger partial charge is 0.257 e. The lowest BCUT2D eigenvalue weighted by Crippen LogP contribution is -2.11. The number of halogens is 1. The van der Waals surface area contributed by atoms with E-state index in [-0.39, 0.29) is 5.91 Å². The molecule has 0 aliphatic heterocycles. The molecule has 19 heavy (non-hydrogen) atoms. The number of fused-ring (bicyclic) bond motifs is 1. The normalized spacial score (nSPS) is 10.6. The number of amides is 1. The largest absolute Gasteiger partial charge is 0.298 e. The highest BCUT2D eigenvalue weighted by molar-refractivity contribution is 7.22. The molecular weight excluding hydrogens is 280 g/mol. The quantitative estimate of drug-likeness (QED) is 0.768. The lowest BCUT2D eigenvalue weighted by Gasteiger charge is -2.00. The molecule has 0 unspecified atom stereocenters. The SMILES string of the molecule is O=C(Nc1nc2ccc(Cl)cc2s1)c1ccccc1. The molecule has 3 rings (SSSR count). The van der Waals surface area contributed by atoms with Gasteiger partial charge in [-0.1, -0.05) is 41.1 Å². The summed E-state index contributed by atoms with van der Waals surface area (Å²) in [6.45, 7) is 0. The lowest BCUT2D eigenvalue weighted by molar-refractivity contribution is 0.102. The van der Waals surface area contributed by atoms with E-state index in [0.29, 0.717) is 15.7 Å². The van der Waals surface area contributed by atoms with Crippen molar-refractivity contribution in [1.29, 1.82) is 0 Å². The molecule has 0 atom stereocenters. The molecule has 0 saturated carbocycles. The van der Waals surface area contributed by atoms with Gasteiger partial charge in [-0.3, -0.25) is 10.1 Å². The van der Waals surface area contributed by atoms with Crippen LogP contribution >= 0.6 is 22.9 Å². The van der Waals surface area contributed by atoms with E-state index >= 15 is 0 Å². The summed E-state index contributed by atoms with van der Waals surface area (Å²) in [7, 11) is 0. The van der Waals surface area contributed by atoms with Gasteiger partial charge in [0.05, 0.1) is 10.2 Å². The second-order valence-corrected chi connectivity index (χ2v) is 5.42. The molecule has 1 N–H and O–H groups in total. The van der Waals surface area contributed by atoms with Crippen LogP contribution in [-0.2, 0) is 0 Å². The number of carbonyl (C=O) groups is 1. The number of anilines is 1. The maximum absolute atomic E-state index is 12.0. The third-order valence-electron chi connectivity index (χ3n) is 2.61. The van der Waals surface area contributed by atoms with Crippen molar-refractivity contribution in [2.75, 3.05) is 5.32 Å². The Morgan fingerprint density at radius 1 is 1.16 bits per heavy atom. The van der Waals surface area contributed by atoms with E-state index < -0.39 is 0 Å². The topological polar surface area (TPSA) is 42.0 Å². The summed E-state index contributed by atoms with van der Waals surface area (Å²) in [5.41, 5.74) is 1.44. The van der Waals surface area contributed by atoms with Crippen molar-refractivity contribution in [2.45, 2.75) is 0 Å². The summed E-state index contributed by atoms with van der Waals surface area (Å²) in [6, 6.07) is 14.5. The maximum Gasteiger partial charge on any atom is 0.257 e. The zero-order valence-electron chi connectivity index (χ0n) is 9.76. The van der Waals surface area contributed by atoms with Crippen LogP contribution < -0.4 is 5.32 Å². The minimum Gasteiger partial charge on any atom is -0.298 e. The second-order valence-electron chi connectivity index (χ2n) is 3.95. The van der Waals surface area contributed by atoms with Gasteiger partial charge in [-0.25, -0.2) is 4.98 Å². The fraction of sp³-hybridized carbons (Fsp3) is 0. The number of rotatable bonds is 2. The van der Waals surface area contributed by atoms with Crippen molar-refractivity contribution in [1.82, 2.24) is 4.98 Å². The van der Waals surface area contributed by atoms with Crippen molar-refractivity contribution in [3.8, 4) is 0 Å². The highest BCUT2D eigenvalue weighted by atomic mass is 35.5. The van der Waals surface area contributed by atoms with Crippen molar-refractivity contribution in [3.63, 3.8) is 0 Å². The summed E-state index contributed by atoms with van der Waals surface area (Å²) < 4.78 is 0.955. The Morgan fingerprint density at radius 2 is 1.95 bits per heavy atom. The Morgan fingerprint density at radius 3 is 2.74 bits per heavy atom. The van der Waals surface area contributed by atoms with Gasteiger partial charge < -0.3 is 0 Å². The Kier molecular flexibility index (Phi) is 3.19. The summed E-state index contributed by atoms with van der Waals surface area (Å²) in [4.78, 5) is 16.3. The molecule has 0 aliphatic rings. The zero-order valence-corrected chi connectivity index (χ0v) is 11.3. The molecular formula is C14H9ClN2OS. The maximum atomic E-state index is 12.0. The highest BCUT2D eigenvalue weighted by Gasteiger charge is 2.09. The molecule has 94 valence electrons. The van der Waals surface area contributed by atoms with Gasteiger partial charge in [0.25, 0.3) is 5.91 Å². The van der Waals surface area contributed by atoms with E-state index in [0.717, 1.165) is 10.2 Å². The lowest BCUT2D eigenvalue weighted by atomic mass is 10.2. The average Bonchev–Trinajstić information content (AvgIpc) is 2.81. The van der Waals surface area contributed by atoms with Gasteiger partial charge in [-0.15, -0.1) is 0 Å². The fourth-order valence-corrected chi connectivity index (χ4v) is 2.85. The summed E-state index contributed by atoms with van der Waals surface area (Å²) in [5, 5.41) is 4.03. The predicted molar refractivity (Wildman–Crippen MR) is 79.0 cm³/mol. The van der Waals surface area contributed by atoms with E-state index in [2.05, 4.69) is 10.3 Å². The van der Waals surface area contributed by atoms with Crippen molar-refractivity contribution in [3.05, 3.63) is 59.1 Å². The third kappa shape index (κ3) is 2.59. The molecule has 2 aromatic carbocycles. The van der Waals surface area contributed by atoms with E-state index in [1.54, 1.807) is 18.2 Å².